The van der Waals surface area contributed by atoms with E-state index in [1.165, 1.54) is 5.56 Å². The molecule has 0 bridgehead atoms. The van der Waals surface area contributed by atoms with Crippen molar-refractivity contribution in [3.05, 3.63) is 40.1 Å². The minimum atomic E-state index is -0.761. The Hall–Kier alpha value is -2.80. The summed E-state index contributed by atoms with van der Waals surface area (Å²) >= 11 is 1.63. The minimum absolute atomic E-state index is 0.217. The predicted octanol–water partition coefficient (Wildman–Crippen LogP) is 2.79. The summed E-state index contributed by atoms with van der Waals surface area (Å²) in [6.07, 6.45) is 0. The number of H-pyrrole nitrogens is 1. The van der Waals surface area contributed by atoms with E-state index in [9.17, 15) is 9.59 Å². The van der Waals surface area contributed by atoms with Crippen molar-refractivity contribution in [3.8, 4) is 11.1 Å². The molecule has 0 saturated heterocycles. The van der Waals surface area contributed by atoms with Gasteiger partial charge in [0, 0.05) is 10.9 Å². The molecule has 0 fully saturated rings. The van der Waals surface area contributed by atoms with Gasteiger partial charge >= 0.3 is 6.03 Å². The zero-order chi connectivity index (χ0) is 15.9. The molecular weight excluding hydrogens is 300 g/mol. The molecule has 0 spiro atoms. The number of hydrogen-bond donors (Lipinski definition) is 4. The van der Waals surface area contributed by atoms with Crippen molar-refractivity contribution >= 4 is 40.0 Å². The van der Waals surface area contributed by atoms with Crippen LogP contribution in [0.3, 0.4) is 0 Å². The van der Waals surface area contributed by atoms with Crippen LogP contribution in [0.1, 0.15) is 15.9 Å². The average molecular weight is 314 g/mol. The van der Waals surface area contributed by atoms with Gasteiger partial charge in [-0.25, -0.2) is 4.79 Å². The number of benzene rings is 1. The predicted molar refractivity (Wildman–Crippen MR) is 88.1 cm³/mol. The number of rotatable bonds is 3. The largest absolute Gasteiger partial charge is 0.365 e. The Bertz CT molecular complexity index is 894. The summed E-state index contributed by atoms with van der Waals surface area (Å²) in [5, 5.41) is 7.18. The first kappa shape index (κ1) is 14.2. The first-order chi connectivity index (χ1) is 10.5. The first-order valence-electron chi connectivity index (χ1n) is 6.52. The number of amides is 3. The summed E-state index contributed by atoms with van der Waals surface area (Å²) in [4.78, 5) is 25.7. The number of carbonyl (C=O) groups is 2. The zero-order valence-corrected chi connectivity index (χ0v) is 12.6. The van der Waals surface area contributed by atoms with E-state index in [1.54, 1.807) is 11.3 Å². The van der Waals surface area contributed by atoms with Crippen LogP contribution in [0.4, 0.5) is 10.6 Å². The number of aryl methyl sites for hydroxylation is 1. The number of primary amides is 2. The second-order valence-electron chi connectivity index (χ2n) is 4.96. The molecule has 112 valence electrons. The van der Waals surface area contributed by atoms with Gasteiger partial charge in [0.1, 0.15) is 5.82 Å². The maximum absolute atomic E-state index is 11.7. The third kappa shape index (κ3) is 2.31. The van der Waals surface area contributed by atoms with Crippen LogP contribution >= 0.6 is 11.3 Å². The van der Waals surface area contributed by atoms with Crippen molar-refractivity contribution in [2.75, 3.05) is 5.32 Å². The lowest BCUT2D eigenvalue weighted by atomic mass is 10.0. The number of nitrogens with one attached hydrogen (secondary N) is 2. The van der Waals surface area contributed by atoms with Gasteiger partial charge in [-0.3, -0.25) is 10.1 Å². The van der Waals surface area contributed by atoms with E-state index < -0.39 is 11.9 Å². The lowest BCUT2D eigenvalue weighted by Gasteiger charge is -2.01. The number of carbonyl (C=O) groups excluding carboxylic acids is 2. The molecule has 3 aromatic rings. The normalized spacial score (nSPS) is 10.8. The lowest BCUT2D eigenvalue weighted by molar-refractivity contribution is 0.100. The van der Waals surface area contributed by atoms with Crippen molar-refractivity contribution in [2.24, 2.45) is 11.5 Å². The minimum Gasteiger partial charge on any atom is -0.365 e. The molecule has 0 aliphatic carbocycles. The Morgan fingerprint density at radius 3 is 2.59 bits per heavy atom. The molecule has 0 aliphatic heterocycles. The van der Waals surface area contributed by atoms with E-state index in [4.69, 9.17) is 11.5 Å². The molecule has 0 atom stereocenters. The Labute approximate surface area is 130 Å². The van der Waals surface area contributed by atoms with E-state index in [0.29, 0.717) is 10.9 Å². The van der Waals surface area contributed by atoms with Gasteiger partial charge in [0.05, 0.1) is 5.56 Å². The van der Waals surface area contributed by atoms with Crippen molar-refractivity contribution in [1.29, 1.82) is 0 Å². The lowest BCUT2D eigenvalue weighted by Crippen LogP contribution is -2.22. The molecular formula is C15H14N4O2S. The van der Waals surface area contributed by atoms with Gasteiger partial charge in [-0.15, -0.1) is 0 Å². The summed E-state index contributed by atoms with van der Waals surface area (Å²) in [5.41, 5.74) is 14.8. The molecule has 0 aliphatic rings. The molecule has 2 heterocycles. The highest BCUT2D eigenvalue weighted by molar-refractivity contribution is 7.08. The number of aromatic amines is 1. The second kappa shape index (κ2) is 5.19. The van der Waals surface area contributed by atoms with Crippen LogP contribution in [-0.2, 0) is 0 Å². The fourth-order valence-corrected chi connectivity index (χ4v) is 3.35. The Morgan fingerprint density at radius 1 is 1.23 bits per heavy atom. The first-order valence-corrected chi connectivity index (χ1v) is 7.47. The van der Waals surface area contributed by atoms with Crippen molar-refractivity contribution in [3.63, 3.8) is 0 Å². The van der Waals surface area contributed by atoms with Gasteiger partial charge in [-0.1, -0.05) is 12.1 Å². The van der Waals surface area contributed by atoms with Crippen LogP contribution in [0.25, 0.3) is 22.0 Å². The fraction of sp³-hybridized carbons (Fsp3) is 0.0667. The molecule has 3 amide bonds. The molecule has 22 heavy (non-hydrogen) atoms. The Balaban J connectivity index is 2.19. The van der Waals surface area contributed by atoms with Crippen molar-refractivity contribution in [1.82, 2.24) is 4.98 Å². The second-order valence-corrected chi connectivity index (χ2v) is 5.70. The van der Waals surface area contributed by atoms with Crippen molar-refractivity contribution in [2.45, 2.75) is 6.92 Å². The summed E-state index contributed by atoms with van der Waals surface area (Å²) in [7, 11) is 0. The summed E-state index contributed by atoms with van der Waals surface area (Å²) in [6, 6.07) is 4.89. The molecule has 2 aromatic heterocycles. The number of fused-ring (bicyclic) bond motifs is 1. The smallest absolute Gasteiger partial charge is 0.317 e. The molecule has 0 saturated carbocycles. The van der Waals surface area contributed by atoms with Gasteiger partial charge in [-0.2, -0.15) is 11.3 Å². The van der Waals surface area contributed by atoms with Gasteiger partial charge in [-0.05, 0) is 40.4 Å². The number of nitrogens with two attached hydrogens (primary N) is 2. The summed E-state index contributed by atoms with van der Waals surface area (Å²) in [6.45, 7) is 2.04. The quantitative estimate of drug-likeness (QED) is 0.595. The fourth-order valence-electron chi connectivity index (χ4n) is 2.49. The molecule has 6 N–H and O–H groups in total. The number of hydrogen-bond acceptors (Lipinski definition) is 3. The number of thiophene rings is 1. The molecule has 0 radical (unpaired) electrons. The van der Waals surface area contributed by atoms with Gasteiger partial charge in [0.25, 0.3) is 5.91 Å². The Kier molecular flexibility index (Phi) is 3.34. The third-order valence-corrected chi connectivity index (χ3v) is 4.32. The van der Waals surface area contributed by atoms with Crippen LogP contribution in [0, 0.1) is 6.92 Å². The third-order valence-electron chi connectivity index (χ3n) is 3.46. The molecule has 3 rings (SSSR count). The standard InChI is InChI=1S/C15H14N4O2S/c1-7-5-22-6-10(7)8-2-3-9-11(4-8)18-14(19-15(17)21)12(9)13(16)20/h2-6,18H,1H3,(H2,16,20)(H3,17,19,21). The van der Waals surface area contributed by atoms with E-state index >= 15 is 0 Å². The number of anilines is 1. The zero-order valence-electron chi connectivity index (χ0n) is 11.8. The van der Waals surface area contributed by atoms with E-state index in [0.717, 1.165) is 11.1 Å². The van der Waals surface area contributed by atoms with Gasteiger partial charge in [0.2, 0.25) is 0 Å². The average Bonchev–Trinajstić information content (AvgIpc) is 2.99. The summed E-state index contributed by atoms with van der Waals surface area (Å²) < 4.78 is 0. The van der Waals surface area contributed by atoms with Crippen LogP contribution in [0.2, 0.25) is 0 Å². The van der Waals surface area contributed by atoms with Crippen LogP contribution in [-0.4, -0.2) is 16.9 Å². The highest BCUT2D eigenvalue weighted by Crippen LogP contribution is 2.32. The molecule has 1 aromatic carbocycles. The van der Waals surface area contributed by atoms with Crippen molar-refractivity contribution < 1.29 is 9.59 Å². The molecule has 6 nitrogen and oxygen atoms in total. The van der Waals surface area contributed by atoms with E-state index in [-0.39, 0.29) is 11.4 Å². The Morgan fingerprint density at radius 2 is 2.00 bits per heavy atom. The molecule has 7 heteroatoms. The highest BCUT2D eigenvalue weighted by atomic mass is 32.1. The SMILES string of the molecule is Cc1cscc1-c1ccc2c(C(N)=O)c(NC(N)=O)[nH]c2c1. The van der Waals surface area contributed by atoms with Crippen LogP contribution in [0.5, 0.6) is 0 Å². The van der Waals surface area contributed by atoms with Gasteiger partial charge < -0.3 is 16.5 Å². The summed E-state index contributed by atoms with van der Waals surface area (Å²) in [5.74, 6) is -0.413. The van der Waals surface area contributed by atoms with E-state index in [1.807, 2.05) is 25.1 Å². The maximum atomic E-state index is 11.7. The topological polar surface area (TPSA) is 114 Å². The van der Waals surface area contributed by atoms with Gasteiger partial charge in [0.15, 0.2) is 0 Å². The highest BCUT2D eigenvalue weighted by Gasteiger charge is 2.18. The van der Waals surface area contributed by atoms with Crippen LogP contribution in [0.15, 0.2) is 29.0 Å². The number of urea groups is 1. The maximum Gasteiger partial charge on any atom is 0.317 e. The molecule has 0 unspecified atom stereocenters. The van der Waals surface area contributed by atoms with E-state index in [2.05, 4.69) is 21.1 Å². The monoisotopic (exact) mass is 314 g/mol. The van der Waals surface area contributed by atoms with Crippen LogP contribution < -0.4 is 16.8 Å². The number of aromatic nitrogens is 1.